The van der Waals surface area contributed by atoms with Gasteiger partial charge in [-0.1, -0.05) is 0 Å². The Morgan fingerprint density at radius 1 is 0.769 bits per heavy atom. The van der Waals surface area contributed by atoms with E-state index in [2.05, 4.69) is 43.9 Å². The molecule has 0 amide bonds. The predicted molar refractivity (Wildman–Crippen MR) is 69.1 cm³/mol. The molecule has 0 fully saturated rings. The molecule has 7 heteroatoms. The van der Waals surface area contributed by atoms with Gasteiger partial charge in [-0.05, 0) is 39.3 Å². The molecular weight excluding hydrogens is 230 g/mol. The van der Waals surface area contributed by atoms with Gasteiger partial charge in [-0.3, -0.25) is 0 Å². The summed E-state index contributed by atoms with van der Waals surface area (Å²) in [6.45, 7) is 13.3. The van der Waals surface area contributed by atoms with Crippen LogP contribution >= 0.6 is 0 Å². The van der Waals surface area contributed by atoms with Crippen molar-refractivity contribution in [1.82, 2.24) is 4.65 Å². The normalized spacial score (nSPS) is 15.2. The summed E-state index contributed by atoms with van der Waals surface area (Å²) in [4.78, 5) is 0. The summed E-state index contributed by atoms with van der Waals surface area (Å²) in [6.07, 6.45) is 0. The third kappa shape index (κ3) is 12.7. The molecule has 0 heterocycles. The van der Waals surface area contributed by atoms with Gasteiger partial charge in [-0.25, -0.2) is 0 Å². The Morgan fingerprint density at radius 2 is 1.08 bits per heavy atom. The fraction of sp³-hybridized carbons (Fsp3) is 1.00. The second kappa shape index (κ2) is 5.59. The Hall–Kier alpha value is 0.748. The van der Waals surface area contributed by atoms with Gasteiger partial charge in [0.1, 0.15) is 0 Å². The molecule has 0 unspecified atom stereocenters. The van der Waals surface area contributed by atoms with E-state index < -0.39 is 36.5 Å². The van der Waals surface area contributed by atoms with Crippen LogP contribution in [0.2, 0.25) is 39.3 Å². The summed E-state index contributed by atoms with van der Waals surface area (Å²) in [5, 5.41) is 0. The third-order valence-electron chi connectivity index (χ3n) is 1.21. The van der Waals surface area contributed by atoms with E-state index in [4.69, 9.17) is 8.23 Å². The summed E-state index contributed by atoms with van der Waals surface area (Å²) < 4.78 is 15.0. The van der Waals surface area contributed by atoms with Crippen molar-refractivity contribution in [3.63, 3.8) is 0 Å². The largest absolute Gasteiger partial charge is 0.449 e. The van der Waals surface area contributed by atoms with Gasteiger partial charge in [0.05, 0.1) is 0 Å². The summed E-state index contributed by atoms with van der Waals surface area (Å²) in [6, 6.07) is 0. The molecule has 0 aromatic heterocycles. The monoisotopic (exact) mass is 253 g/mol. The van der Waals surface area contributed by atoms with Crippen molar-refractivity contribution in [3.05, 3.63) is 0 Å². The summed E-state index contributed by atoms with van der Waals surface area (Å²) in [5.74, 6) is 0. The maximum atomic E-state index is 5.78. The smallest absolute Gasteiger partial charge is 0.219 e. The van der Waals surface area contributed by atoms with Gasteiger partial charge in [-0.15, -0.1) is 0 Å². The van der Waals surface area contributed by atoms with Crippen LogP contribution in [-0.2, 0) is 8.23 Å². The minimum Gasteiger partial charge on any atom is -0.449 e. The molecule has 0 bridgehead atoms. The zero-order chi connectivity index (χ0) is 10.5. The molecule has 0 radical (unpaired) electrons. The van der Waals surface area contributed by atoms with E-state index in [9.17, 15) is 0 Å². The van der Waals surface area contributed by atoms with Crippen LogP contribution in [0.15, 0.2) is 0 Å². The molecule has 0 aromatic rings. The van der Waals surface area contributed by atoms with Crippen molar-refractivity contribution in [1.29, 1.82) is 0 Å². The summed E-state index contributed by atoms with van der Waals surface area (Å²) >= 11 is 0. The molecule has 0 atom stereocenters. The lowest BCUT2D eigenvalue weighted by molar-refractivity contribution is 0.568. The van der Waals surface area contributed by atoms with Crippen LogP contribution in [0.5, 0.6) is 0 Å². The van der Waals surface area contributed by atoms with Crippen LogP contribution in [0.25, 0.3) is 0 Å². The second-order valence-electron chi connectivity index (χ2n) is 5.05. The van der Waals surface area contributed by atoms with E-state index in [1.54, 1.807) is 0 Å². The van der Waals surface area contributed by atoms with Gasteiger partial charge < -0.3 is 12.9 Å². The number of rotatable bonds is 6. The van der Waals surface area contributed by atoms with Crippen LogP contribution in [-0.4, -0.2) is 36.5 Å². The van der Waals surface area contributed by atoms with Crippen molar-refractivity contribution < 1.29 is 8.23 Å². The van der Waals surface area contributed by atoms with Crippen LogP contribution in [0.3, 0.4) is 0 Å². The Morgan fingerprint density at radius 3 is 1.31 bits per heavy atom. The first-order valence-corrected chi connectivity index (χ1v) is 14.1. The molecule has 0 aliphatic rings. The molecule has 0 aromatic carbocycles. The molecule has 0 saturated heterocycles. The fourth-order valence-electron chi connectivity index (χ4n) is 0.577. The SMILES string of the molecule is C[Si](C)(C)O[SiH2]N[SiH2]O[Si](C)(C)C. The van der Waals surface area contributed by atoms with Crippen LogP contribution in [0.1, 0.15) is 0 Å². The number of hydrogen-bond donors (Lipinski definition) is 1. The predicted octanol–water partition coefficient (Wildman–Crippen LogP) is 0.277. The molecule has 80 valence electrons. The lowest BCUT2D eigenvalue weighted by atomic mass is 11.8. The Kier molecular flexibility index (Phi) is 5.91. The average Bonchev–Trinajstić information content (AvgIpc) is 1.81. The molecule has 0 aliphatic heterocycles. The lowest BCUT2D eigenvalue weighted by Crippen LogP contribution is -2.40. The van der Waals surface area contributed by atoms with Gasteiger partial charge in [0.15, 0.2) is 16.6 Å². The topological polar surface area (TPSA) is 30.5 Å². The van der Waals surface area contributed by atoms with Crippen LogP contribution in [0, 0.1) is 0 Å². The van der Waals surface area contributed by atoms with Crippen molar-refractivity contribution in [2.45, 2.75) is 39.3 Å². The van der Waals surface area contributed by atoms with Crippen molar-refractivity contribution in [2.75, 3.05) is 0 Å². The van der Waals surface area contributed by atoms with E-state index in [0.717, 1.165) is 0 Å². The van der Waals surface area contributed by atoms with E-state index in [1.807, 2.05) is 0 Å². The van der Waals surface area contributed by atoms with Gasteiger partial charge in [0, 0.05) is 0 Å². The Bertz CT molecular complexity index is 127. The first-order valence-electron chi connectivity index (χ1n) is 4.69. The van der Waals surface area contributed by atoms with E-state index in [1.165, 1.54) is 0 Å². The van der Waals surface area contributed by atoms with Crippen molar-refractivity contribution in [3.8, 4) is 0 Å². The van der Waals surface area contributed by atoms with Gasteiger partial charge in [-0.2, -0.15) is 0 Å². The maximum Gasteiger partial charge on any atom is 0.219 e. The second-order valence-corrected chi connectivity index (χ2v) is 18.4. The Labute approximate surface area is 88.9 Å². The molecule has 0 rings (SSSR count). The van der Waals surface area contributed by atoms with E-state index >= 15 is 0 Å². The van der Waals surface area contributed by atoms with Gasteiger partial charge in [0.2, 0.25) is 19.8 Å². The molecule has 3 nitrogen and oxygen atoms in total. The highest BCUT2D eigenvalue weighted by Gasteiger charge is 2.15. The van der Waals surface area contributed by atoms with Crippen LogP contribution < -0.4 is 4.65 Å². The van der Waals surface area contributed by atoms with E-state index in [-0.39, 0.29) is 0 Å². The minimum absolute atomic E-state index is 0.491. The first-order chi connectivity index (χ1) is 5.71. The molecular formula is C6H23NO2Si4. The standard InChI is InChI=1S/C6H23NO2Si4/c1-12(2,3)8-10-7-11-9-13(4,5)6/h7H,10-11H2,1-6H3. The summed E-state index contributed by atoms with van der Waals surface area (Å²) in [5.41, 5.74) is 0. The molecule has 0 spiro atoms. The zero-order valence-electron chi connectivity index (χ0n) is 9.73. The van der Waals surface area contributed by atoms with Gasteiger partial charge >= 0.3 is 0 Å². The average molecular weight is 254 g/mol. The molecule has 0 aliphatic carbocycles. The lowest BCUT2D eigenvalue weighted by Gasteiger charge is -2.20. The molecule has 0 saturated carbocycles. The highest BCUT2D eigenvalue weighted by atomic mass is 28.4. The maximum absolute atomic E-state index is 5.78. The highest BCUT2D eigenvalue weighted by molar-refractivity contribution is 6.76. The van der Waals surface area contributed by atoms with E-state index in [0.29, 0.717) is 0 Å². The zero-order valence-corrected chi connectivity index (χ0v) is 14.6. The number of hydrogen-bond acceptors (Lipinski definition) is 3. The third-order valence-corrected chi connectivity index (χ3v) is 10.9. The molecule has 1 N–H and O–H groups in total. The van der Waals surface area contributed by atoms with Crippen molar-refractivity contribution in [2.24, 2.45) is 0 Å². The van der Waals surface area contributed by atoms with Gasteiger partial charge in [0.25, 0.3) is 0 Å². The fourth-order valence-corrected chi connectivity index (χ4v) is 7.03. The van der Waals surface area contributed by atoms with Crippen molar-refractivity contribution >= 4 is 36.5 Å². The number of nitrogens with one attached hydrogen (secondary N) is 1. The Balaban J connectivity index is 3.28. The minimum atomic E-state index is -1.28. The highest BCUT2D eigenvalue weighted by Crippen LogP contribution is 2.00. The quantitative estimate of drug-likeness (QED) is 0.545. The van der Waals surface area contributed by atoms with Crippen LogP contribution in [0.4, 0.5) is 0 Å². The summed E-state index contributed by atoms with van der Waals surface area (Å²) in [7, 11) is -3.53. The first kappa shape index (κ1) is 13.7. The molecule has 13 heavy (non-hydrogen) atoms.